The molecule has 0 bridgehead atoms. The fourth-order valence-electron chi connectivity index (χ4n) is 3.72. The van der Waals surface area contributed by atoms with Gasteiger partial charge in [-0.2, -0.15) is 0 Å². The Labute approximate surface area is 173 Å². The lowest BCUT2D eigenvalue weighted by Crippen LogP contribution is -2.52. The van der Waals surface area contributed by atoms with Gasteiger partial charge in [0, 0.05) is 25.3 Å². The Bertz CT molecular complexity index is 891. The molecule has 0 aliphatic carbocycles. The fourth-order valence-corrected chi connectivity index (χ4v) is 3.72. The van der Waals surface area contributed by atoms with E-state index in [2.05, 4.69) is 10.6 Å². The number of carbonyl (C=O) groups excluding carboxylic acids is 2. The third kappa shape index (κ3) is 5.17. The molecule has 1 aliphatic heterocycles. The normalized spacial score (nSPS) is 19.0. The summed E-state index contributed by atoms with van der Waals surface area (Å²) in [6, 6.07) is 13.9. The Kier molecular flexibility index (Phi) is 6.26. The number of hydrogen-bond acceptors (Lipinski definition) is 2. The van der Waals surface area contributed by atoms with Crippen LogP contribution in [0.1, 0.15) is 42.0 Å². The third-order valence-corrected chi connectivity index (χ3v) is 5.86. The zero-order valence-corrected chi connectivity index (χ0v) is 17.8. The Balaban J connectivity index is 1.60. The molecule has 1 heterocycles. The Morgan fingerprint density at radius 1 is 1.03 bits per heavy atom. The minimum absolute atomic E-state index is 0.00163. The van der Waals surface area contributed by atoms with Gasteiger partial charge in [0.05, 0.1) is 5.41 Å². The van der Waals surface area contributed by atoms with Crippen LogP contribution in [-0.4, -0.2) is 29.9 Å². The van der Waals surface area contributed by atoms with E-state index in [1.807, 2.05) is 70.2 Å². The molecule has 3 rings (SSSR count). The summed E-state index contributed by atoms with van der Waals surface area (Å²) in [6.45, 7) is 9.66. The fraction of sp³-hybridized carbons (Fsp3) is 0.417. The maximum atomic E-state index is 12.9. The maximum absolute atomic E-state index is 12.9. The summed E-state index contributed by atoms with van der Waals surface area (Å²) >= 11 is 0. The van der Waals surface area contributed by atoms with Gasteiger partial charge in [0.15, 0.2) is 0 Å². The van der Waals surface area contributed by atoms with Crippen molar-refractivity contribution in [2.75, 3.05) is 18.4 Å². The monoisotopic (exact) mass is 393 g/mol. The Morgan fingerprint density at radius 3 is 2.45 bits per heavy atom. The van der Waals surface area contributed by atoms with Crippen molar-refractivity contribution in [3.05, 3.63) is 64.7 Å². The lowest BCUT2D eigenvalue weighted by molar-refractivity contribution is -0.132. The van der Waals surface area contributed by atoms with Crippen molar-refractivity contribution in [2.24, 2.45) is 5.41 Å². The van der Waals surface area contributed by atoms with Crippen molar-refractivity contribution in [1.29, 1.82) is 0 Å². The molecule has 5 nitrogen and oxygen atoms in total. The molecule has 1 aliphatic rings. The topological polar surface area (TPSA) is 61.4 Å². The SMILES string of the molecule is Cc1ccc(CNC(=O)[C@]2(C)CCCN(C(=O)Nc3ccc(C)c(C)c3)C2)cc1. The van der Waals surface area contributed by atoms with Crippen LogP contribution in [0.15, 0.2) is 42.5 Å². The number of carbonyl (C=O) groups is 2. The molecule has 0 aromatic heterocycles. The summed E-state index contributed by atoms with van der Waals surface area (Å²) < 4.78 is 0. The smallest absolute Gasteiger partial charge is 0.321 e. The highest BCUT2D eigenvalue weighted by Crippen LogP contribution is 2.30. The summed E-state index contributed by atoms with van der Waals surface area (Å²) in [6.07, 6.45) is 1.59. The zero-order chi connectivity index (χ0) is 21.0. The van der Waals surface area contributed by atoms with E-state index in [9.17, 15) is 9.59 Å². The predicted octanol–water partition coefficient (Wildman–Crippen LogP) is 4.56. The van der Waals surface area contributed by atoms with Crippen LogP contribution in [0.25, 0.3) is 0 Å². The number of aryl methyl sites for hydroxylation is 3. The second kappa shape index (κ2) is 8.68. The van der Waals surface area contributed by atoms with Crippen molar-refractivity contribution in [2.45, 2.75) is 47.1 Å². The van der Waals surface area contributed by atoms with Gasteiger partial charge in [0.25, 0.3) is 0 Å². The summed E-state index contributed by atoms with van der Waals surface area (Å²) in [4.78, 5) is 27.4. The molecule has 0 spiro atoms. The number of nitrogens with one attached hydrogen (secondary N) is 2. The first-order valence-corrected chi connectivity index (χ1v) is 10.2. The van der Waals surface area contributed by atoms with Gasteiger partial charge >= 0.3 is 6.03 Å². The van der Waals surface area contributed by atoms with Gasteiger partial charge in [-0.25, -0.2) is 4.79 Å². The lowest BCUT2D eigenvalue weighted by atomic mass is 9.81. The van der Waals surface area contributed by atoms with Crippen LogP contribution >= 0.6 is 0 Å². The molecule has 0 radical (unpaired) electrons. The van der Waals surface area contributed by atoms with E-state index in [0.717, 1.165) is 29.7 Å². The number of amides is 3. The number of nitrogens with zero attached hydrogens (tertiary/aromatic N) is 1. The summed E-state index contributed by atoms with van der Waals surface area (Å²) in [5, 5.41) is 6.03. The Morgan fingerprint density at radius 2 is 1.76 bits per heavy atom. The first-order chi connectivity index (χ1) is 13.8. The van der Waals surface area contributed by atoms with Crippen molar-refractivity contribution >= 4 is 17.6 Å². The quantitative estimate of drug-likeness (QED) is 0.800. The van der Waals surface area contributed by atoms with Crippen LogP contribution in [0.3, 0.4) is 0 Å². The van der Waals surface area contributed by atoms with Crippen LogP contribution in [0.2, 0.25) is 0 Å². The molecule has 154 valence electrons. The zero-order valence-electron chi connectivity index (χ0n) is 17.8. The molecule has 1 atom stereocenters. The van der Waals surface area contributed by atoms with Gasteiger partial charge in [0.1, 0.15) is 0 Å². The number of likely N-dealkylation sites (tertiary alicyclic amines) is 1. The highest BCUT2D eigenvalue weighted by molar-refractivity contribution is 5.90. The molecule has 2 aromatic rings. The van der Waals surface area contributed by atoms with Crippen molar-refractivity contribution in [3.8, 4) is 0 Å². The van der Waals surface area contributed by atoms with Crippen molar-refractivity contribution in [3.63, 3.8) is 0 Å². The number of urea groups is 1. The van der Waals surface area contributed by atoms with Crippen molar-refractivity contribution < 1.29 is 9.59 Å². The first-order valence-electron chi connectivity index (χ1n) is 10.2. The van der Waals surface area contributed by atoms with Gasteiger partial charge in [0.2, 0.25) is 5.91 Å². The molecule has 0 saturated carbocycles. The molecular weight excluding hydrogens is 362 g/mol. The lowest BCUT2D eigenvalue weighted by Gasteiger charge is -2.39. The van der Waals surface area contributed by atoms with Gasteiger partial charge in [-0.15, -0.1) is 0 Å². The molecule has 0 unspecified atom stereocenters. The molecule has 2 aromatic carbocycles. The molecule has 3 amide bonds. The maximum Gasteiger partial charge on any atom is 0.321 e. The highest BCUT2D eigenvalue weighted by Gasteiger charge is 2.39. The minimum Gasteiger partial charge on any atom is -0.351 e. The largest absolute Gasteiger partial charge is 0.351 e. The number of anilines is 1. The van der Waals surface area contributed by atoms with E-state index >= 15 is 0 Å². The molecule has 2 N–H and O–H groups in total. The van der Waals surface area contributed by atoms with Gasteiger partial charge < -0.3 is 15.5 Å². The van der Waals surface area contributed by atoms with Gasteiger partial charge in [-0.3, -0.25) is 4.79 Å². The standard InChI is InChI=1S/C24H31N3O2/c1-17-6-9-20(10-7-17)15-25-22(28)24(4)12-5-13-27(16-24)23(29)26-21-11-8-18(2)19(3)14-21/h6-11,14H,5,12-13,15-16H2,1-4H3,(H,25,28)(H,26,29)/t24-/m1/s1. The molecule has 1 fully saturated rings. The third-order valence-electron chi connectivity index (χ3n) is 5.86. The summed E-state index contributed by atoms with van der Waals surface area (Å²) in [5.41, 5.74) is 4.82. The van der Waals surface area contributed by atoms with E-state index in [-0.39, 0.29) is 11.9 Å². The van der Waals surface area contributed by atoms with E-state index in [4.69, 9.17) is 0 Å². The van der Waals surface area contributed by atoms with Crippen LogP contribution < -0.4 is 10.6 Å². The molecular formula is C24H31N3O2. The second-order valence-electron chi connectivity index (χ2n) is 8.48. The van der Waals surface area contributed by atoms with E-state index < -0.39 is 5.41 Å². The molecule has 29 heavy (non-hydrogen) atoms. The average molecular weight is 394 g/mol. The molecule has 1 saturated heterocycles. The first kappa shape index (κ1) is 20.9. The number of piperidine rings is 1. The minimum atomic E-state index is -0.580. The van der Waals surface area contributed by atoms with Crippen LogP contribution in [-0.2, 0) is 11.3 Å². The van der Waals surface area contributed by atoms with E-state index in [0.29, 0.717) is 19.6 Å². The average Bonchev–Trinajstić information content (AvgIpc) is 2.70. The van der Waals surface area contributed by atoms with Crippen LogP contribution in [0, 0.1) is 26.2 Å². The van der Waals surface area contributed by atoms with Crippen LogP contribution in [0.4, 0.5) is 10.5 Å². The number of rotatable bonds is 4. The van der Waals surface area contributed by atoms with E-state index in [1.54, 1.807) is 4.90 Å². The predicted molar refractivity (Wildman–Crippen MR) is 117 cm³/mol. The molecule has 5 heteroatoms. The second-order valence-corrected chi connectivity index (χ2v) is 8.48. The van der Waals surface area contributed by atoms with Crippen molar-refractivity contribution in [1.82, 2.24) is 10.2 Å². The number of benzene rings is 2. The summed E-state index contributed by atoms with van der Waals surface area (Å²) in [7, 11) is 0. The summed E-state index contributed by atoms with van der Waals surface area (Å²) in [5.74, 6) is 0.00163. The van der Waals surface area contributed by atoms with E-state index in [1.165, 1.54) is 11.1 Å². The Hall–Kier alpha value is -2.82. The van der Waals surface area contributed by atoms with Gasteiger partial charge in [-0.05, 0) is 69.4 Å². The van der Waals surface area contributed by atoms with Gasteiger partial charge in [-0.1, -0.05) is 35.9 Å². The number of hydrogen-bond donors (Lipinski definition) is 2. The highest BCUT2D eigenvalue weighted by atomic mass is 16.2. The van der Waals surface area contributed by atoms with Crippen LogP contribution in [0.5, 0.6) is 0 Å².